The average molecular weight is 498 g/mol. The van der Waals surface area contributed by atoms with Crippen molar-refractivity contribution in [3.8, 4) is 0 Å². The highest BCUT2D eigenvalue weighted by Crippen LogP contribution is 2.52. The molecule has 8 heteroatoms. The van der Waals surface area contributed by atoms with Crippen LogP contribution in [0.5, 0.6) is 0 Å². The summed E-state index contributed by atoms with van der Waals surface area (Å²) in [5.74, 6) is -2.26. The number of carbonyl (C=O) groups excluding carboxylic acids is 1. The summed E-state index contributed by atoms with van der Waals surface area (Å²) in [7, 11) is -3.85. The zero-order valence-electron chi connectivity index (χ0n) is 20.6. The number of hydrogen-bond acceptors (Lipinski definition) is 6. The number of carbonyl (C=O) groups is 1. The van der Waals surface area contributed by atoms with E-state index >= 15 is 0 Å². The molecule has 7 nitrogen and oxygen atoms in total. The number of esters is 1. The standard InChI is InChI=1S/C27H31NO6S/c1-17-11-13-19(14-12-17)35(30,31)28-16-20-22(21(28)15-18-9-7-6-8-10-18)23-24(29)32-27(4,5)34-25(23)33-26(20,2)3/h6-14,20-22H,15-16H2,1-5H3/t20-,21+,22-/m0/s1. The second kappa shape index (κ2) is 8.10. The van der Waals surface area contributed by atoms with E-state index in [1.165, 1.54) is 0 Å². The molecule has 0 aromatic heterocycles. The summed E-state index contributed by atoms with van der Waals surface area (Å²) >= 11 is 0. The number of ether oxygens (including phenoxy) is 3. The predicted octanol–water partition coefficient (Wildman–Crippen LogP) is 4.17. The van der Waals surface area contributed by atoms with Gasteiger partial charge in [-0.25, -0.2) is 13.2 Å². The van der Waals surface area contributed by atoms with Gasteiger partial charge in [-0.3, -0.25) is 0 Å². The van der Waals surface area contributed by atoms with Crippen LogP contribution < -0.4 is 0 Å². The van der Waals surface area contributed by atoms with Crippen molar-refractivity contribution in [1.82, 2.24) is 4.31 Å². The molecule has 1 fully saturated rings. The molecule has 186 valence electrons. The second-order valence-electron chi connectivity index (χ2n) is 10.6. The van der Waals surface area contributed by atoms with Gasteiger partial charge in [0, 0.05) is 38.3 Å². The van der Waals surface area contributed by atoms with E-state index in [1.807, 2.05) is 51.1 Å². The number of aryl methyl sites for hydroxylation is 1. The van der Waals surface area contributed by atoms with Crippen molar-refractivity contribution < 1.29 is 27.4 Å². The minimum absolute atomic E-state index is 0.144. The average Bonchev–Trinajstić information content (AvgIpc) is 3.14. The minimum atomic E-state index is -3.85. The van der Waals surface area contributed by atoms with Crippen molar-refractivity contribution >= 4 is 16.0 Å². The second-order valence-corrected chi connectivity index (χ2v) is 12.5. The zero-order chi connectivity index (χ0) is 25.2. The van der Waals surface area contributed by atoms with Gasteiger partial charge in [0.1, 0.15) is 11.2 Å². The largest absolute Gasteiger partial charge is 0.459 e. The fourth-order valence-electron chi connectivity index (χ4n) is 5.47. The van der Waals surface area contributed by atoms with E-state index in [-0.39, 0.29) is 28.9 Å². The molecule has 35 heavy (non-hydrogen) atoms. The van der Waals surface area contributed by atoms with Crippen molar-refractivity contribution in [2.45, 2.75) is 63.4 Å². The van der Waals surface area contributed by atoms with E-state index in [0.29, 0.717) is 6.42 Å². The number of nitrogens with zero attached hydrogens (tertiary/aromatic N) is 1. The first-order valence-electron chi connectivity index (χ1n) is 11.9. The van der Waals surface area contributed by atoms with Crippen LogP contribution in [0.4, 0.5) is 0 Å². The van der Waals surface area contributed by atoms with Gasteiger partial charge in [0.15, 0.2) is 0 Å². The lowest BCUT2D eigenvalue weighted by Gasteiger charge is -2.46. The Hall–Kier alpha value is -2.84. The van der Waals surface area contributed by atoms with E-state index in [2.05, 4.69) is 0 Å². The predicted molar refractivity (Wildman–Crippen MR) is 129 cm³/mol. The third kappa shape index (κ3) is 4.12. The Balaban J connectivity index is 1.65. The van der Waals surface area contributed by atoms with Gasteiger partial charge in [-0.1, -0.05) is 48.0 Å². The summed E-state index contributed by atoms with van der Waals surface area (Å²) in [6, 6.07) is 16.1. The molecule has 0 aliphatic carbocycles. The molecule has 3 atom stereocenters. The summed E-state index contributed by atoms with van der Waals surface area (Å²) in [6.45, 7) is 9.29. The van der Waals surface area contributed by atoms with E-state index in [9.17, 15) is 13.2 Å². The number of sulfonamides is 1. The zero-order valence-corrected chi connectivity index (χ0v) is 21.5. The number of cyclic esters (lactones) is 1. The first kappa shape index (κ1) is 23.9. The lowest BCUT2D eigenvalue weighted by Crippen LogP contribution is -2.51. The van der Waals surface area contributed by atoms with Crippen LogP contribution in [0.25, 0.3) is 0 Å². The molecule has 0 spiro atoms. The normalized spacial score (nSPS) is 27.3. The van der Waals surface area contributed by atoms with Crippen LogP contribution in [0.3, 0.4) is 0 Å². The van der Waals surface area contributed by atoms with Gasteiger partial charge in [-0.2, -0.15) is 4.31 Å². The molecule has 3 aliphatic rings. The van der Waals surface area contributed by atoms with Crippen molar-refractivity contribution in [3.05, 3.63) is 77.2 Å². The van der Waals surface area contributed by atoms with E-state index in [4.69, 9.17) is 14.2 Å². The Morgan fingerprint density at radius 2 is 1.60 bits per heavy atom. The molecular formula is C27H31NO6S. The number of rotatable bonds is 4. The smallest absolute Gasteiger partial charge is 0.344 e. The molecular weight excluding hydrogens is 466 g/mol. The molecule has 0 radical (unpaired) electrons. The highest BCUT2D eigenvalue weighted by Gasteiger charge is 2.61. The molecule has 0 saturated carbocycles. The van der Waals surface area contributed by atoms with Crippen LogP contribution in [-0.4, -0.2) is 42.7 Å². The molecule has 5 rings (SSSR count). The number of benzene rings is 2. The third-order valence-corrected chi connectivity index (χ3v) is 9.11. The highest BCUT2D eigenvalue weighted by molar-refractivity contribution is 7.89. The van der Waals surface area contributed by atoms with Gasteiger partial charge in [0.2, 0.25) is 10.0 Å². The molecule has 2 aromatic rings. The maximum Gasteiger partial charge on any atom is 0.344 e. The monoisotopic (exact) mass is 497 g/mol. The Labute approximate surface area is 206 Å². The Morgan fingerprint density at radius 1 is 0.943 bits per heavy atom. The summed E-state index contributed by atoms with van der Waals surface area (Å²) in [4.78, 5) is 13.5. The molecule has 0 bridgehead atoms. The van der Waals surface area contributed by atoms with Gasteiger partial charge in [-0.15, -0.1) is 0 Å². The number of fused-ring (bicyclic) bond motifs is 2. The molecule has 3 heterocycles. The lowest BCUT2D eigenvalue weighted by molar-refractivity contribution is -0.248. The Morgan fingerprint density at radius 3 is 2.26 bits per heavy atom. The van der Waals surface area contributed by atoms with Gasteiger partial charge in [0.25, 0.3) is 11.7 Å². The van der Waals surface area contributed by atoms with Gasteiger partial charge >= 0.3 is 5.97 Å². The first-order valence-corrected chi connectivity index (χ1v) is 13.3. The topological polar surface area (TPSA) is 82.1 Å². The summed E-state index contributed by atoms with van der Waals surface area (Å²) in [6.07, 6.45) is 0.441. The number of hydrogen-bond donors (Lipinski definition) is 0. The van der Waals surface area contributed by atoms with Crippen molar-refractivity contribution in [2.75, 3.05) is 6.54 Å². The van der Waals surface area contributed by atoms with Gasteiger partial charge < -0.3 is 14.2 Å². The summed E-state index contributed by atoms with van der Waals surface area (Å²) in [5, 5.41) is 0. The van der Waals surface area contributed by atoms with Crippen LogP contribution in [0.1, 0.15) is 38.8 Å². The summed E-state index contributed by atoms with van der Waals surface area (Å²) < 4.78 is 47.2. The van der Waals surface area contributed by atoms with Crippen LogP contribution >= 0.6 is 0 Å². The van der Waals surface area contributed by atoms with Crippen molar-refractivity contribution in [2.24, 2.45) is 11.8 Å². The van der Waals surface area contributed by atoms with Gasteiger partial charge in [-0.05, 0) is 44.9 Å². The quantitative estimate of drug-likeness (QED) is 0.590. The van der Waals surface area contributed by atoms with E-state index in [1.54, 1.807) is 42.4 Å². The third-order valence-electron chi connectivity index (χ3n) is 7.21. The molecule has 0 unspecified atom stereocenters. The molecule has 3 aliphatic heterocycles. The maximum atomic E-state index is 14.0. The maximum absolute atomic E-state index is 14.0. The highest BCUT2D eigenvalue weighted by atomic mass is 32.2. The molecule has 1 saturated heterocycles. The van der Waals surface area contributed by atoms with Crippen LogP contribution in [0, 0.1) is 18.8 Å². The van der Waals surface area contributed by atoms with Crippen LogP contribution in [0.15, 0.2) is 71.0 Å². The Bertz CT molecular complexity index is 1280. The van der Waals surface area contributed by atoms with Crippen molar-refractivity contribution in [1.29, 1.82) is 0 Å². The van der Waals surface area contributed by atoms with Crippen LogP contribution in [-0.2, 0) is 35.4 Å². The molecule has 0 amide bonds. The van der Waals surface area contributed by atoms with E-state index < -0.39 is 39.3 Å². The molecule has 2 aromatic carbocycles. The lowest BCUT2D eigenvalue weighted by atomic mass is 9.73. The van der Waals surface area contributed by atoms with Gasteiger partial charge in [0.05, 0.1) is 4.90 Å². The van der Waals surface area contributed by atoms with E-state index in [0.717, 1.165) is 11.1 Å². The fourth-order valence-corrected chi connectivity index (χ4v) is 7.14. The SMILES string of the molecule is Cc1ccc(S(=O)(=O)N2C[C@H]3[C@H](C4=C(OC(C)(C)OC4=O)OC3(C)C)[C@H]2Cc2ccccc2)cc1. The summed E-state index contributed by atoms with van der Waals surface area (Å²) in [5.41, 5.74) is 1.49. The first-order chi connectivity index (χ1) is 16.4. The van der Waals surface area contributed by atoms with Crippen molar-refractivity contribution in [3.63, 3.8) is 0 Å². The minimum Gasteiger partial charge on any atom is -0.459 e. The Kier molecular flexibility index (Phi) is 5.53. The van der Waals surface area contributed by atoms with Crippen LogP contribution in [0.2, 0.25) is 0 Å². The molecule has 0 N–H and O–H groups in total. The fraction of sp³-hybridized carbons (Fsp3) is 0.444.